The second kappa shape index (κ2) is 25.3. The van der Waals surface area contributed by atoms with E-state index in [1.165, 1.54) is 22.4 Å². The third kappa shape index (κ3) is 15.0. The molecule has 2 aromatic carbocycles. The number of anilines is 4. The van der Waals surface area contributed by atoms with Gasteiger partial charge in [0.15, 0.2) is 5.13 Å². The van der Waals surface area contributed by atoms with Crippen molar-refractivity contribution in [1.29, 1.82) is 0 Å². The molecule has 390 valence electrons. The van der Waals surface area contributed by atoms with Crippen molar-refractivity contribution in [3.8, 4) is 10.4 Å². The van der Waals surface area contributed by atoms with E-state index in [0.29, 0.717) is 71.4 Å². The van der Waals surface area contributed by atoms with Crippen LogP contribution in [0.15, 0.2) is 60.2 Å². The number of carbonyl (C=O) groups is 5. The first kappa shape index (κ1) is 54.7. The summed E-state index contributed by atoms with van der Waals surface area (Å²) in [6, 6.07) is 13.5. The van der Waals surface area contributed by atoms with E-state index in [2.05, 4.69) is 46.1 Å². The number of nitrogens with zero attached hydrogens (tertiary/aromatic N) is 7. The molecule has 2 aliphatic heterocycles. The van der Waals surface area contributed by atoms with Gasteiger partial charge in [-0.3, -0.25) is 24.0 Å². The summed E-state index contributed by atoms with van der Waals surface area (Å²) in [5, 5.41) is 23.6. The summed E-state index contributed by atoms with van der Waals surface area (Å²) in [6.45, 7) is 14.1. The van der Waals surface area contributed by atoms with Gasteiger partial charge in [-0.25, -0.2) is 19.9 Å². The van der Waals surface area contributed by atoms with E-state index in [4.69, 9.17) is 11.6 Å². The maximum Gasteiger partial charge on any atom is 0.267 e. The number of amides is 5. The van der Waals surface area contributed by atoms with Gasteiger partial charge in [-0.1, -0.05) is 112 Å². The lowest BCUT2D eigenvalue weighted by atomic mass is 9.85. The molecule has 5 heterocycles. The fourth-order valence-electron chi connectivity index (χ4n) is 9.09. The van der Waals surface area contributed by atoms with Gasteiger partial charge in [-0.2, -0.15) is 0 Å². The molecule has 3 aromatic heterocycles. The van der Waals surface area contributed by atoms with Crippen LogP contribution in [-0.4, -0.2) is 115 Å². The van der Waals surface area contributed by atoms with Crippen molar-refractivity contribution in [2.24, 2.45) is 5.41 Å². The van der Waals surface area contributed by atoms with E-state index in [1.807, 2.05) is 94.4 Å². The van der Waals surface area contributed by atoms with E-state index in [9.17, 15) is 29.1 Å². The van der Waals surface area contributed by atoms with E-state index < -0.39 is 23.6 Å². The summed E-state index contributed by atoms with van der Waals surface area (Å²) in [5.74, 6) is 0.826. The molecule has 17 nitrogen and oxygen atoms in total. The van der Waals surface area contributed by atoms with Gasteiger partial charge in [0.2, 0.25) is 23.6 Å². The number of benzene rings is 2. The first-order chi connectivity index (χ1) is 34.9. The molecular weight excluding hydrogens is 986 g/mol. The lowest BCUT2D eigenvalue weighted by Gasteiger charge is -2.35. The number of unbranched alkanes of at least 4 members (excludes halogenated alkanes) is 6. The van der Waals surface area contributed by atoms with Gasteiger partial charge in [0.25, 0.3) is 5.91 Å². The van der Waals surface area contributed by atoms with Gasteiger partial charge in [-0.05, 0) is 61.8 Å². The van der Waals surface area contributed by atoms with E-state index in [1.54, 1.807) is 17.4 Å². The maximum atomic E-state index is 14.0. The molecule has 5 amide bonds. The first-order valence-electron chi connectivity index (χ1n) is 25.2. The van der Waals surface area contributed by atoms with Gasteiger partial charge >= 0.3 is 0 Å². The van der Waals surface area contributed by atoms with Gasteiger partial charge in [0.05, 0.1) is 39.1 Å². The minimum atomic E-state index is -0.867. The Hall–Kier alpha value is -6.02. The largest absolute Gasteiger partial charge is 0.391 e. The molecule has 0 radical (unpaired) electrons. The number of nitrogens with one attached hydrogen (secondary N) is 4. The second-order valence-electron chi connectivity index (χ2n) is 20.0. The molecule has 2 aliphatic rings. The molecule has 0 aliphatic carbocycles. The number of aliphatic hydroxyl groups excluding tert-OH is 1. The van der Waals surface area contributed by atoms with Crippen LogP contribution in [-0.2, 0) is 25.7 Å². The Morgan fingerprint density at radius 1 is 0.877 bits per heavy atom. The van der Waals surface area contributed by atoms with Crippen LogP contribution >= 0.6 is 34.3 Å². The summed E-state index contributed by atoms with van der Waals surface area (Å²) in [7, 11) is 0. The normalized spacial score (nSPS) is 16.3. The summed E-state index contributed by atoms with van der Waals surface area (Å²) < 4.78 is 0. The van der Waals surface area contributed by atoms with E-state index in [0.717, 1.165) is 71.6 Å². The highest BCUT2D eigenvalue weighted by Crippen LogP contribution is 2.31. The molecule has 5 aromatic rings. The van der Waals surface area contributed by atoms with Crippen molar-refractivity contribution < 1.29 is 29.1 Å². The Kier molecular flexibility index (Phi) is 19.0. The molecular formula is C53H68ClN11O6S2. The summed E-state index contributed by atoms with van der Waals surface area (Å²) in [4.78, 5) is 91.8. The molecule has 3 atom stereocenters. The monoisotopic (exact) mass is 1050 g/mol. The third-order valence-corrected chi connectivity index (χ3v) is 15.4. The van der Waals surface area contributed by atoms with Gasteiger partial charge in [0.1, 0.15) is 34.4 Å². The van der Waals surface area contributed by atoms with Crippen molar-refractivity contribution >= 4 is 86.3 Å². The number of aromatic nitrogens is 4. The smallest absolute Gasteiger partial charge is 0.267 e. The Morgan fingerprint density at radius 3 is 2.25 bits per heavy atom. The number of carbonyl (C=O) groups excluding carboxylic acids is 5. The minimum Gasteiger partial charge on any atom is -0.391 e. The van der Waals surface area contributed by atoms with Crippen LogP contribution in [0.3, 0.4) is 0 Å². The van der Waals surface area contributed by atoms with Crippen molar-refractivity contribution in [2.75, 3.05) is 48.3 Å². The van der Waals surface area contributed by atoms with Crippen LogP contribution in [0.25, 0.3) is 10.4 Å². The predicted molar refractivity (Wildman–Crippen MR) is 288 cm³/mol. The van der Waals surface area contributed by atoms with Gasteiger partial charge in [0, 0.05) is 64.6 Å². The van der Waals surface area contributed by atoms with Crippen LogP contribution in [0.2, 0.25) is 5.02 Å². The van der Waals surface area contributed by atoms with Crippen LogP contribution in [0.1, 0.15) is 117 Å². The Balaban J connectivity index is 0.761. The summed E-state index contributed by atoms with van der Waals surface area (Å²) >= 11 is 9.09. The average Bonchev–Trinajstić information content (AvgIpc) is 4.12. The highest BCUT2D eigenvalue weighted by Gasteiger charge is 2.44. The topological polar surface area (TPSA) is 215 Å². The Labute approximate surface area is 441 Å². The fourth-order valence-corrected chi connectivity index (χ4v) is 10.9. The van der Waals surface area contributed by atoms with Crippen LogP contribution in [0, 0.1) is 26.2 Å². The van der Waals surface area contributed by atoms with Crippen molar-refractivity contribution in [1.82, 2.24) is 40.4 Å². The number of rotatable bonds is 21. The Morgan fingerprint density at radius 2 is 1.58 bits per heavy atom. The number of halogens is 1. The number of aryl methyl sites for hydroxylation is 3. The predicted octanol–water partition coefficient (Wildman–Crippen LogP) is 8.60. The number of hydrogen-bond acceptors (Lipinski definition) is 14. The SMILES string of the molecule is Cc1nc(Nc2ncc(C(=O)Nc3c(C)cccc3Cl)s2)cc(N2CCN(C(=O)CCCCCCCCCC(=O)NC(C(=O)N3C[C@H](O)C[C@H]3C(=O)NCc3ccc(-c4scnc4C)cc3)C(C)(C)C)CC2)n1. The summed E-state index contributed by atoms with van der Waals surface area (Å²) in [5.41, 5.74) is 5.55. The molecule has 2 saturated heterocycles. The zero-order valence-corrected chi connectivity index (χ0v) is 45.0. The molecule has 5 N–H and O–H groups in total. The maximum absolute atomic E-state index is 14.0. The molecule has 1 unspecified atom stereocenters. The summed E-state index contributed by atoms with van der Waals surface area (Å²) in [6.07, 6.45) is 7.90. The Bertz CT molecular complexity index is 2700. The minimum absolute atomic E-state index is 0.0218. The quantitative estimate of drug-likeness (QED) is 0.0437. The second-order valence-corrected chi connectivity index (χ2v) is 22.3. The lowest BCUT2D eigenvalue weighted by Crippen LogP contribution is -2.57. The standard InChI is InChI=1S/C53H68ClN11O6S2/c1-33-15-14-16-39(54)46(33)62-50(70)41-30-56-52(73-41)60-42-28-43(59-35(3)58-42)63-23-25-64(26-24-63)45(68)18-13-11-9-7-8-10-12-17-44(67)61-48(53(4,5)6)51(71)65-31-38(66)27-40(65)49(69)55-29-36-19-21-37(22-20-36)47-34(2)57-32-72-47/h14-16,19-22,28,30,32,38,40,48,66H,7-13,17-18,23-27,29,31H2,1-6H3,(H,55,69)(H,61,67)(H,62,70)(H,56,58,59,60)/t38-,40+,48?/m1/s1. The first-order valence-corrected chi connectivity index (χ1v) is 27.2. The number of aliphatic hydroxyl groups is 1. The highest BCUT2D eigenvalue weighted by atomic mass is 35.5. The zero-order valence-electron chi connectivity index (χ0n) is 42.6. The number of para-hydroxylation sites is 1. The molecule has 0 spiro atoms. The van der Waals surface area contributed by atoms with Crippen LogP contribution < -0.4 is 26.2 Å². The van der Waals surface area contributed by atoms with Crippen LogP contribution in [0.5, 0.6) is 0 Å². The highest BCUT2D eigenvalue weighted by molar-refractivity contribution is 7.17. The lowest BCUT2D eigenvalue weighted by molar-refractivity contribution is -0.144. The molecule has 0 bridgehead atoms. The molecule has 20 heteroatoms. The van der Waals surface area contributed by atoms with Crippen molar-refractivity contribution in [3.63, 3.8) is 0 Å². The van der Waals surface area contributed by atoms with Crippen molar-refractivity contribution in [2.45, 2.75) is 130 Å². The zero-order chi connectivity index (χ0) is 52.2. The molecule has 0 saturated carbocycles. The van der Waals surface area contributed by atoms with Gasteiger partial charge in [-0.15, -0.1) is 11.3 Å². The van der Waals surface area contributed by atoms with Crippen LogP contribution in [0.4, 0.5) is 22.5 Å². The number of β-amino-alcohol motifs (C(OH)–C–C–N with tert-alkyl or cyclic N) is 1. The van der Waals surface area contributed by atoms with Crippen molar-refractivity contribution in [3.05, 3.63) is 92.8 Å². The fraction of sp³-hybridized carbons (Fsp3) is 0.491. The van der Waals surface area contributed by atoms with Gasteiger partial charge < -0.3 is 41.1 Å². The van der Waals surface area contributed by atoms with E-state index in [-0.39, 0.29) is 55.5 Å². The number of thiazole rings is 2. The third-order valence-electron chi connectivity index (χ3n) is 13.2. The molecule has 7 rings (SSSR count). The molecule has 2 fully saturated rings. The number of likely N-dealkylation sites (tertiary alicyclic amines) is 1. The number of hydrogen-bond donors (Lipinski definition) is 5. The molecule has 73 heavy (non-hydrogen) atoms. The average molecular weight is 1050 g/mol. The van der Waals surface area contributed by atoms with E-state index >= 15 is 0 Å². The number of piperazine rings is 1.